The Labute approximate surface area is 119 Å². The lowest BCUT2D eigenvalue weighted by Gasteiger charge is -2.27. The van der Waals surface area contributed by atoms with Crippen molar-refractivity contribution in [1.29, 1.82) is 0 Å². The van der Waals surface area contributed by atoms with Gasteiger partial charge >= 0.3 is 0 Å². The van der Waals surface area contributed by atoms with E-state index in [1.54, 1.807) is 0 Å². The maximum Gasteiger partial charge on any atom is 0.241 e. The average molecular weight is 300 g/mol. The van der Waals surface area contributed by atoms with Crippen molar-refractivity contribution in [2.45, 2.75) is 50.6 Å². The van der Waals surface area contributed by atoms with Gasteiger partial charge in [0, 0.05) is 18.2 Å². The minimum Gasteiger partial charge on any atom is -0.326 e. The van der Waals surface area contributed by atoms with Crippen molar-refractivity contribution in [2.75, 3.05) is 0 Å². The molecule has 0 saturated heterocycles. The van der Waals surface area contributed by atoms with Gasteiger partial charge in [-0.25, -0.2) is 17.5 Å². The maximum atomic E-state index is 13.7. The van der Waals surface area contributed by atoms with Crippen LogP contribution < -0.4 is 10.5 Å². The van der Waals surface area contributed by atoms with Gasteiger partial charge in [-0.3, -0.25) is 0 Å². The molecular weight excluding hydrogens is 279 g/mol. The number of nitrogens with one attached hydrogen (secondary N) is 1. The molecule has 0 spiro atoms. The largest absolute Gasteiger partial charge is 0.326 e. The van der Waals surface area contributed by atoms with Gasteiger partial charge in [-0.15, -0.1) is 0 Å². The van der Waals surface area contributed by atoms with Gasteiger partial charge in [0.05, 0.1) is 4.90 Å². The van der Waals surface area contributed by atoms with Crippen LogP contribution in [0.1, 0.15) is 38.7 Å². The molecule has 0 amide bonds. The second-order valence-electron chi connectivity index (χ2n) is 5.98. The Bertz CT molecular complexity index is 599. The monoisotopic (exact) mass is 300 g/mol. The quantitative estimate of drug-likeness (QED) is 0.895. The summed E-state index contributed by atoms with van der Waals surface area (Å²) in [4.78, 5) is -0.0531. The Morgan fingerprint density at radius 2 is 2.15 bits per heavy atom. The standard InChI is InChI=1S/C14H21FN2O2S/c1-14(2)8-4-7-13(14)17-20(18,19)12-6-3-5-11(15)10(12)9-16/h3,5-6,13,17H,4,7-9,16H2,1-2H3. The third kappa shape index (κ3) is 2.87. The third-order valence-corrected chi connectivity index (χ3v) is 5.68. The average Bonchev–Trinajstić information content (AvgIpc) is 2.68. The Morgan fingerprint density at radius 1 is 1.45 bits per heavy atom. The SMILES string of the molecule is CC1(C)CCCC1NS(=O)(=O)c1cccc(F)c1CN. The molecule has 1 aliphatic rings. The third-order valence-electron chi connectivity index (χ3n) is 4.12. The first-order valence-electron chi connectivity index (χ1n) is 6.78. The summed E-state index contributed by atoms with van der Waals surface area (Å²) in [7, 11) is -3.75. The topological polar surface area (TPSA) is 72.2 Å². The number of hydrogen-bond donors (Lipinski definition) is 2. The van der Waals surface area contributed by atoms with Gasteiger partial charge in [-0.05, 0) is 30.4 Å². The summed E-state index contributed by atoms with van der Waals surface area (Å²) in [6.07, 6.45) is 2.78. The van der Waals surface area contributed by atoms with E-state index >= 15 is 0 Å². The second kappa shape index (κ2) is 5.42. The second-order valence-corrected chi connectivity index (χ2v) is 7.66. The van der Waals surface area contributed by atoms with Gasteiger partial charge < -0.3 is 5.73 Å². The predicted molar refractivity (Wildman–Crippen MR) is 76.0 cm³/mol. The summed E-state index contributed by atoms with van der Waals surface area (Å²) >= 11 is 0. The van der Waals surface area contributed by atoms with E-state index in [4.69, 9.17) is 5.73 Å². The molecule has 1 aliphatic carbocycles. The van der Waals surface area contributed by atoms with E-state index in [0.717, 1.165) is 19.3 Å². The molecule has 6 heteroatoms. The predicted octanol–water partition coefficient (Wildman–Crippen LogP) is 2.14. The number of rotatable bonds is 4. The normalized spacial score (nSPS) is 22.1. The van der Waals surface area contributed by atoms with E-state index < -0.39 is 15.8 Å². The molecule has 1 atom stereocenters. The number of nitrogens with two attached hydrogens (primary N) is 1. The van der Waals surface area contributed by atoms with Crippen LogP contribution in [0.4, 0.5) is 4.39 Å². The lowest BCUT2D eigenvalue weighted by Crippen LogP contribution is -2.41. The zero-order valence-corrected chi connectivity index (χ0v) is 12.6. The van der Waals surface area contributed by atoms with Crippen molar-refractivity contribution < 1.29 is 12.8 Å². The molecule has 1 aromatic rings. The van der Waals surface area contributed by atoms with Gasteiger partial charge in [0.25, 0.3) is 0 Å². The Hall–Kier alpha value is -0.980. The van der Waals surface area contributed by atoms with Crippen molar-refractivity contribution >= 4 is 10.0 Å². The zero-order chi connectivity index (χ0) is 15.0. The van der Waals surface area contributed by atoms with E-state index in [0.29, 0.717) is 0 Å². The van der Waals surface area contributed by atoms with Crippen molar-refractivity contribution in [2.24, 2.45) is 11.1 Å². The first-order valence-corrected chi connectivity index (χ1v) is 8.26. The Kier molecular flexibility index (Phi) is 4.18. The molecule has 0 aliphatic heterocycles. The van der Waals surface area contributed by atoms with Crippen LogP contribution in [-0.4, -0.2) is 14.5 Å². The maximum absolute atomic E-state index is 13.7. The fourth-order valence-corrected chi connectivity index (χ4v) is 4.49. The Morgan fingerprint density at radius 3 is 2.70 bits per heavy atom. The summed E-state index contributed by atoms with van der Waals surface area (Å²) in [5.74, 6) is -0.582. The van der Waals surface area contributed by atoms with Crippen LogP contribution in [0.15, 0.2) is 23.1 Å². The molecule has 4 nitrogen and oxygen atoms in total. The van der Waals surface area contributed by atoms with Gasteiger partial charge in [0.2, 0.25) is 10.0 Å². The molecule has 1 unspecified atom stereocenters. The van der Waals surface area contributed by atoms with E-state index in [2.05, 4.69) is 4.72 Å². The number of sulfonamides is 1. The fraction of sp³-hybridized carbons (Fsp3) is 0.571. The molecule has 1 saturated carbocycles. The molecule has 0 bridgehead atoms. The highest BCUT2D eigenvalue weighted by molar-refractivity contribution is 7.89. The highest BCUT2D eigenvalue weighted by atomic mass is 32.2. The minimum atomic E-state index is -3.75. The van der Waals surface area contributed by atoms with Gasteiger partial charge in [0.15, 0.2) is 0 Å². The van der Waals surface area contributed by atoms with Crippen LogP contribution in [0.2, 0.25) is 0 Å². The molecule has 0 radical (unpaired) electrons. The lowest BCUT2D eigenvalue weighted by molar-refractivity contribution is 0.313. The molecule has 3 N–H and O–H groups in total. The Balaban J connectivity index is 2.34. The number of hydrogen-bond acceptors (Lipinski definition) is 3. The minimum absolute atomic E-state index is 0.0378. The van der Waals surface area contributed by atoms with Crippen molar-refractivity contribution in [1.82, 2.24) is 4.72 Å². The van der Waals surface area contributed by atoms with Gasteiger partial charge in [-0.2, -0.15) is 0 Å². The summed E-state index contributed by atoms with van der Waals surface area (Å²) in [5, 5.41) is 0. The molecule has 20 heavy (non-hydrogen) atoms. The van der Waals surface area contributed by atoms with Crippen molar-refractivity contribution in [3.63, 3.8) is 0 Å². The molecule has 0 aromatic heterocycles. The van der Waals surface area contributed by atoms with E-state index in [1.165, 1.54) is 18.2 Å². The van der Waals surface area contributed by atoms with Crippen molar-refractivity contribution in [3.05, 3.63) is 29.6 Å². The van der Waals surface area contributed by atoms with Crippen LogP contribution in [-0.2, 0) is 16.6 Å². The molecule has 112 valence electrons. The first-order chi connectivity index (χ1) is 9.28. The molecule has 0 heterocycles. The summed E-state index contributed by atoms with van der Waals surface area (Å²) in [6.45, 7) is 3.95. The number of benzene rings is 1. The summed E-state index contributed by atoms with van der Waals surface area (Å²) < 4.78 is 41.3. The van der Waals surface area contributed by atoms with Gasteiger partial charge in [-0.1, -0.05) is 26.3 Å². The molecular formula is C14H21FN2O2S. The molecule has 1 aromatic carbocycles. The van der Waals surface area contributed by atoms with Crippen LogP contribution in [0, 0.1) is 11.2 Å². The van der Waals surface area contributed by atoms with E-state index in [-0.39, 0.29) is 28.5 Å². The molecule has 2 rings (SSSR count). The van der Waals surface area contributed by atoms with Gasteiger partial charge in [0.1, 0.15) is 5.82 Å². The zero-order valence-electron chi connectivity index (χ0n) is 11.8. The number of halogens is 1. The highest BCUT2D eigenvalue weighted by Crippen LogP contribution is 2.38. The van der Waals surface area contributed by atoms with Crippen LogP contribution >= 0.6 is 0 Å². The van der Waals surface area contributed by atoms with Crippen LogP contribution in [0.5, 0.6) is 0 Å². The van der Waals surface area contributed by atoms with Crippen LogP contribution in [0.3, 0.4) is 0 Å². The highest BCUT2D eigenvalue weighted by Gasteiger charge is 2.37. The summed E-state index contributed by atoms with van der Waals surface area (Å²) in [6, 6.07) is 3.89. The summed E-state index contributed by atoms with van der Waals surface area (Å²) in [5.41, 5.74) is 5.44. The van der Waals surface area contributed by atoms with Crippen LogP contribution in [0.25, 0.3) is 0 Å². The lowest BCUT2D eigenvalue weighted by atomic mass is 9.88. The smallest absolute Gasteiger partial charge is 0.241 e. The molecule has 1 fully saturated rings. The van der Waals surface area contributed by atoms with Crippen molar-refractivity contribution in [3.8, 4) is 0 Å². The van der Waals surface area contributed by atoms with E-state index in [1.807, 2.05) is 13.8 Å². The first kappa shape index (κ1) is 15.4. The fourth-order valence-electron chi connectivity index (χ4n) is 2.78. The van der Waals surface area contributed by atoms with E-state index in [9.17, 15) is 12.8 Å².